The molecular formula is C23H34N2O10S3. The fourth-order valence-corrected chi connectivity index (χ4v) is 8.59. The van der Waals surface area contributed by atoms with Crippen molar-refractivity contribution in [1.82, 2.24) is 10.0 Å². The van der Waals surface area contributed by atoms with Crippen molar-refractivity contribution < 1.29 is 45.5 Å². The third kappa shape index (κ3) is 8.85. The highest BCUT2D eigenvalue weighted by molar-refractivity contribution is 7.95. The minimum absolute atomic E-state index is 0.0429. The molecular weight excluding hydrogens is 560 g/mol. The number of carbonyl (C=O) groups is 4. The lowest BCUT2D eigenvalue weighted by Crippen LogP contribution is -2.33. The summed E-state index contributed by atoms with van der Waals surface area (Å²) in [6.45, 7) is 8.38. The molecule has 214 valence electrons. The number of sulfonamides is 1. The first-order chi connectivity index (χ1) is 17.5. The summed E-state index contributed by atoms with van der Waals surface area (Å²) in [5.74, 6) is -2.98. The molecule has 0 saturated carbocycles. The lowest BCUT2D eigenvalue weighted by molar-refractivity contribution is -0.158. The molecule has 1 aliphatic heterocycles. The Balaban J connectivity index is 1.89. The van der Waals surface area contributed by atoms with Gasteiger partial charge in [-0.25, -0.2) is 21.6 Å². The van der Waals surface area contributed by atoms with E-state index < -0.39 is 73.8 Å². The largest absolute Gasteiger partial charge is 0.460 e. The van der Waals surface area contributed by atoms with Crippen LogP contribution in [-0.4, -0.2) is 64.5 Å². The summed E-state index contributed by atoms with van der Waals surface area (Å²) in [5.41, 5.74) is -0.342. The summed E-state index contributed by atoms with van der Waals surface area (Å²) in [7, 11) is -8.08. The fraction of sp³-hybridized carbons (Fsp3) is 0.652. The van der Waals surface area contributed by atoms with E-state index in [0.29, 0.717) is 29.9 Å². The summed E-state index contributed by atoms with van der Waals surface area (Å²) in [4.78, 5) is 47.6. The van der Waals surface area contributed by atoms with Gasteiger partial charge in [-0.2, -0.15) is 0 Å². The zero-order valence-electron chi connectivity index (χ0n) is 22.0. The Morgan fingerprint density at radius 3 is 2.32 bits per heavy atom. The van der Waals surface area contributed by atoms with Gasteiger partial charge in [0.2, 0.25) is 5.91 Å². The maximum atomic E-state index is 12.8. The van der Waals surface area contributed by atoms with Gasteiger partial charge in [0.25, 0.3) is 10.0 Å². The van der Waals surface area contributed by atoms with E-state index in [2.05, 4.69) is 5.32 Å². The van der Waals surface area contributed by atoms with Gasteiger partial charge in [0.15, 0.2) is 15.6 Å². The Morgan fingerprint density at radius 2 is 1.71 bits per heavy atom. The monoisotopic (exact) mass is 594 g/mol. The summed E-state index contributed by atoms with van der Waals surface area (Å²) in [6, 6.07) is 0.919. The predicted molar refractivity (Wildman–Crippen MR) is 138 cm³/mol. The van der Waals surface area contributed by atoms with E-state index >= 15 is 0 Å². The molecule has 38 heavy (non-hydrogen) atoms. The van der Waals surface area contributed by atoms with Crippen molar-refractivity contribution in [2.24, 2.45) is 0 Å². The number of thiophene rings is 1. The molecule has 12 nitrogen and oxygen atoms in total. The molecule has 0 spiro atoms. The van der Waals surface area contributed by atoms with Crippen LogP contribution in [0.2, 0.25) is 0 Å². The van der Waals surface area contributed by atoms with Crippen LogP contribution in [0.3, 0.4) is 0 Å². The van der Waals surface area contributed by atoms with Crippen LogP contribution in [0.25, 0.3) is 0 Å². The first kappa shape index (κ1) is 31.9. The third-order valence-electron chi connectivity index (χ3n) is 5.38. The number of ether oxygens (including phenoxy) is 2. The van der Waals surface area contributed by atoms with Crippen LogP contribution in [0.4, 0.5) is 0 Å². The first-order valence-electron chi connectivity index (χ1n) is 12.0. The third-order valence-corrected chi connectivity index (χ3v) is 11.1. The Labute approximate surface area is 226 Å². The van der Waals surface area contributed by atoms with Crippen LogP contribution >= 0.6 is 11.3 Å². The van der Waals surface area contributed by atoms with Gasteiger partial charge in [-0.05, 0) is 46.7 Å². The molecule has 1 aromatic rings. The van der Waals surface area contributed by atoms with Crippen molar-refractivity contribution in [2.45, 2.75) is 92.0 Å². The number of nitrogens with one attached hydrogen (secondary N) is 2. The van der Waals surface area contributed by atoms with Gasteiger partial charge >= 0.3 is 11.9 Å². The number of hydrogen-bond acceptors (Lipinski definition) is 12. The van der Waals surface area contributed by atoms with E-state index in [1.54, 1.807) is 27.7 Å². The van der Waals surface area contributed by atoms with Crippen LogP contribution in [0.15, 0.2) is 14.5 Å². The quantitative estimate of drug-likeness (QED) is 0.337. The smallest absolute Gasteiger partial charge is 0.306 e. The Bertz CT molecular complexity index is 1280. The standard InChI is InChI=1S/C23H34N2O10S3/c1-6-24-17-11-14(2)37(30,31)22-16(17)12-21(36-22)38(32,33)25-18(27)8-7-15(26)13-34-19(28)9-10-20(29)35-23(3,4)5/h12,14,17,24H,6-11,13H2,1-5H3,(H,25,27)/t14-,17-/m0/s1. The topological polar surface area (TPSA) is 179 Å². The van der Waals surface area contributed by atoms with E-state index in [0.717, 1.165) is 0 Å². The molecule has 1 aromatic heterocycles. The number of carbonyl (C=O) groups excluding carboxylic acids is 4. The number of rotatable bonds is 12. The molecule has 0 unspecified atom stereocenters. The SMILES string of the molecule is CCN[C@H]1C[C@H](C)S(=O)(=O)c2sc(S(=O)(=O)NC(=O)CCC(=O)COC(=O)CCC(=O)OC(C)(C)C)cc21. The second-order valence-corrected chi connectivity index (χ2v) is 15.3. The molecule has 2 N–H and O–H groups in total. The van der Waals surface area contributed by atoms with Crippen LogP contribution in [0, 0.1) is 0 Å². The van der Waals surface area contributed by atoms with Crippen LogP contribution in [0.5, 0.6) is 0 Å². The Morgan fingerprint density at radius 1 is 1.08 bits per heavy atom. The number of Topliss-reactive ketones (excluding diaryl/α,β-unsaturated/α-hetero) is 1. The molecule has 0 aliphatic carbocycles. The van der Waals surface area contributed by atoms with Crippen molar-refractivity contribution >= 4 is 54.8 Å². The van der Waals surface area contributed by atoms with Crippen LogP contribution in [0.1, 0.15) is 78.3 Å². The van der Waals surface area contributed by atoms with E-state index in [4.69, 9.17) is 9.47 Å². The lowest BCUT2D eigenvalue weighted by atomic mass is 10.1. The van der Waals surface area contributed by atoms with Crippen molar-refractivity contribution in [3.05, 3.63) is 11.6 Å². The van der Waals surface area contributed by atoms with Crippen molar-refractivity contribution in [1.29, 1.82) is 0 Å². The molecule has 15 heteroatoms. The van der Waals surface area contributed by atoms with Crippen LogP contribution < -0.4 is 10.0 Å². The average Bonchev–Trinajstić information content (AvgIpc) is 3.25. The average molecular weight is 595 g/mol. The van der Waals surface area contributed by atoms with Gasteiger partial charge in [0.05, 0.1) is 18.1 Å². The normalized spacial score (nSPS) is 18.8. The maximum absolute atomic E-state index is 12.8. The molecule has 2 atom stereocenters. The van der Waals surface area contributed by atoms with Crippen molar-refractivity contribution in [2.75, 3.05) is 13.2 Å². The number of ketones is 1. The van der Waals surface area contributed by atoms with E-state index in [9.17, 15) is 36.0 Å². The lowest BCUT2D eigenvalue weighted by Gasteiger charge is -2.27. The summed E-state index contributed by atoms with van der Waals surface area (Å²) in [5, 5.41) is 2.46. The summed E-state index contributed by atoms with van der Waals surface area (Å²) < 4.78 is 62.3. The zero-order chi connectivity index (χ0) is 28.9. The van der Waals surface area contributed by atoms with Gasteiger partial charge < -0.3 is 14.8 Å². The zero-order valence-corrected chi connectivity index (χ0v) is 24.4. The molecule has 1 aliphatic rings. The molecule has 2 heterocycles. The van der Waals surface area contributed by atoms with Crippen molar-refractivity contribution in [3.8, 4) is 0 Å². The molecule has 0 fully saturated rings. The molecule has 1 amide bonds. The fourth-order valence-electron chi connectivity index (χ4n) is 3.58. The number of sulfone groups is 1. The summed E-state index contributed by atoms with van der Waals surface area (Å²) in [6.07, 6.45) is -1.09. The molecule has 0 bridgehead atoms. The molecule has 0 aromatic carbocycles. The second kappa shape index (κ2) is 12.7. The predicted octanol–water partition coefficient (Wildman–Crippen LogP) is 1.78. The molecule has 0 saturated heterocycles. The minimum Gasteiger partial charge on any atom is -0.460 e. The number of amides is 1. The van der Waals surface area contributed by atoms with Gasteiger partial charge in [-0.3, -0.25) is 19.2 Å². The van der Waals surface area contributed by atoms with Gasteiger partial charge in [-0.1, -0.05) is 6.92 Å². The van der Waals surface area contributed by atoms with E-state index in [1.165, 1.54) is 6.07 Å². The maximum Gasteiger partial charge on any atom is 0.306 e. The first-order valence-corrected chi connectivity index (χ1v) is 15.9. The van der Waals surface area contributed by atoms with E-state index in [-0.39, 0.29) is 27.3 Å². The molecule has 0 radical (unpaired) electrons. The van der Waals surface area contributed by atoms with Crippen molar-refractivity contribution in [3.63, 3.8) is 0 Å². The Kier molecular flexibility index (Phi) is 10.6. The van der Waals surface area contributed by atoms with E-state index in [1.807, 2.05) is 11.6 Å². The highest BCUT2D eigenvalue weighted by Crippen LogP contribution is 2.42. The highest BCUT2D eigenvalue weighted by atomic mass is 32.3. The summed E-state index contributed by atoms with van der Waals surface area (Å²) >= 11 is 0.582. The van der Waals surface area contributed by atoms with Gasteiger partial charge in [-0.15, -0.1) is 11.3 Å². The Hall–Kier alpha value is -2.36. The minimum atomic E-state index is -4.38. The highest BCUT2D eigenvalue weighted by Gasteiger charge is 2.39. The number of hydrogen-bond donors (Lipinski definition) is 2. The molecule has 2 rings (SSSR count). The number of esters is 2. The second-order valence-electron chi connectivity index (χ2n) is 9.82. The van der Waals surface area contributed by atoms with Crippen LogP contribution in [-0.2, 0) is 48.5 Å². The van der Waals surface area contributed by atoms with Gasteiger partial charge in [0, 0.05) is 24.4 Å². The van der Waals surface area contributed by atoms with Gasteiger partial charge in [0.1, 0.15) is 20.6 Å². The number of fused-ring (bicyclic) bond motifs is 1.